The van der Waals surface area contributed by atoms with Gasteiger partial charge < -0.3 is 9.88 Å². The topological polar surface area (TPSA) is 91.8 Å². The van der Waals surface area contributed by atoms with Crippen LogP contribution in [0.2, 0.25) is 0 Å². The van der Waals surface area contributed by atoms with Crippen LogP contribution in [0.15, 0.2) is 59.8 Å². The molecule has 0 aliphatic carbocycles. The number of carbonyl (C=O) groups is 1. The molecule has 0 atom stereocenters. The summed E-state index contributed by atoms with van der Waals surface area (Å²) in [4.78, 5) is 42.2. The molecular formula is C22H23N5O2. The van der Waals surface area contributed by atoms with Gasteiger partial charge in [-0.1, -0.05) is 30.3 Å². The largest absolute Gasteiger partial charge is 0.343 e. The Morgan fingerprint density at radius 2 is 1.93 bits per heavy atom. The van der Waals surface area contributed by atoms with E-state index in [1.165, 1.54) is 5.56 Å². The van der Waals surface area contributed by atoms with Crippen molar-refractivity contribution in [3.05, 3.63) is 76.6 Å². The van der Waals surface area contributed by atoms with E-state index in [4.69, 9.17) is 0 Å². The van der Waals surface area contributed by atoms with Gasteiger partial charge in [0.25, 0.3) is 5.56 Å². The van der Waals surface area contributed by atoms with Gasteiger partial charge in [0.15, 0.2) is 5.82 Å². The Labute approximate surface area is 168 Å². The Hall–Kier alpha value is -3.35. The molecule has 1 fully saturated rings. The highest BCUT2D eigenvalue weighted by molar-refractivity contribution is 5.76. The third-order valence-corrected chi connectivity index (χ3v) is 5.30. The predicted molar refractivity (Wildman–Crippen MR) is 109 cm³/mol. The normalized spacial score (nSPS) is 14.7. The predicted octanol–water partition coefficient (Wildman–Crippen LogP) is 2.57. The van der Waals surface area contributed by atoms with Gasteiger partial charge in [-0.2, -0.15) is 0 Å². The number of aromatic amines is 1. The van der Waals surface area contributed by atoms with Crippen LogP contribution in [0.5, 0.6) is 0 Å². The molecule has 7 nitrogen and oxygen atoms in total. The lowest BCUT2D eigenvalue weighted by molar-refractivity contribution is -0.132. The number of likely N-dealkylation sites (tertiary alicyclic amines) is 1. The molecule has 1 aromatic carbocycles. The van der Waals surface area contributed by atoms with Crippen LogP contribution in [0, 0.1) is 0 Å². The second kappa shape index (κ2) is 8.77. The van der Waals surface area contributed by atoms with Crippen molar-refractivity contribution in [1.82, 2.24) is 24.8 Å². The quantitative estimate of drug-likeness (QED) is 0.724. The van der Waals surface area contributed by atoms with Gasteiger partial charge in [-0.05, 0) is 24.8 Å². The molecule has 1 amide bonds. The average molecular weight is 389 g/mol. The number of hydrogen-bond donors (Lipinski definition) is 1. The summed E-state index contributed by atoms with van der Waals surface area (Å²) in [5.74, 6) is 0.777. The molecule has 1 N–H and O–H groups in total. The maximum atomic E-state index is 12.5. The third kappa shape index (κ3) is 4.74. The van der Waals surface area contributed by atoms with E-state index in [2.05, 4.69) is 19.9 Å². The first-order chi connectivity index (χ1) is 14.2. The van der Waals surface area contributed by atoms with Crippen LogP contribution in [0.25, 0.3) is 11.5 Å². The molecule has 4 rings (SSSR count). The molecule has 7 heteroatoms. The number of aryl methyl sites for hydroxylation is 1. The lowest BCUT2D eigenvalue weighted by atomic mass is 9.93. The molecule has 0 radical (unpaired) electrons. The van der Waals surface area contributed by atoms with Crippen LogP contribution in [0.4, 0.5) is 0 Å². The first-order valence-corrected chi connectivity index (χ1v) is 9.88. The number of piperidine rings is 1. The number of carbonyl (C=O) groups excluding carboxylic acids is 1. The highest BCUT2D eigenvalue weighted by atomic mass is 16.2. The molecule has 3 heterocycles. The molecule has 2 aromatic heterocycles. The number of nitrogens with one attached hydrogen (secondary N) is 1. The zero-order chi connectivity index (χ0) is 20.1. The van der Waals surface area contributed by atoms with Crippen molar-refractivity contribution >= 4 is 5.91 Å². The number of rotatable bonds is 5. The fraction of sp³-hybridized carbons (Fsp3) is 0.318. The first kappa shape index (κ1) is 19.0. The summed E-state index contributed by atoms with van der Waals surface area (Å²) in [6, 6.07) is 11.6. The summed E-state index contributed by atoms with van der Waals surface area (Å²) in [6.07, 6.45) is 7.61. The minimum Gasteiger partial charge on any atom is -0.343 e. The van der Waals surface area contributed by atoms with E-state index in [1.54, 1.807) is 24.7 Å². The van der Waals surface area contributed by atoms with Crippen molar-refractivity contribution in [3.63, 3.8) is 0 Å². The monoisotopic (exact) mass is 389 g/mol. The van der Waals surface area contributed by atoms with Crippen molar-refractivity contribution < 1.29 is 4.79 Å². The van der Waals surface area contributed by atoms with Crippen LogP contribution < -0.4 is 5.56 Å². The van der Waals surface area contributed by atoms with Crippen LogP contribution in [-0.4, -0.2) is 43.8 Å². The molecule has 1 aliphatic rings. The van der Waals surface area contributed by atoms with E-state index in [0.29, 0.717) is 31.0 Å². The highest BCUT2D eigenvalue weighted by Gasteiger charge is 2.25. The molecule has 1 saturated heterocycles. The molecule has 3 aromatic rings. The number of nitrogens with zero attached hydrogens (tertiary/aromatic N) is 4. The lowest BCUT2D eigenvalue weighted by Gasteiger charge is -2.32. The van der Waals surface area contributed by atoms with Crippen LogP contribution >= 0.6 is 0 Å². The molecule has 0 saturated carbocycles. The van der Waals surface area contributed by atoms with Crippen LogP contribution in [-0.2, 0) is 11.2 Å². The van der Waals surface area contributed by atoms with E-state index >= 15 is 0 Å². The molecule has 0 spiro atoms. The second-order valence-electron chi connectivity index (χ2n) is 7.25. The number of H-pyrrole nitrogens is 1. The van der Waals surface area contributed by atoms with Gasteiger partial charge in [-0.3, -0.25) is 14.6 Å². The minimum absolute atomic E-state index is 0.158. The molecule has 1 aliphatic heterocycles. The zero-order valence-corrected chi connectivity index (χ0v) is 16.1. The Balaban J connectivity index is 1.38. The molecule has 148 valence electrons. The Kier molecular flexibility index (Phi) is 5.74. The summed E-state index contributed by atoms with van der Waals surface area (Å²) in [7, 11) is 0. The molecule has 0 unspecified atom stereocenters. The SMILES string of the molecule is O=C(CCc1ccccc1)N1CCC(c2cc(=O)[nH]c(-c3cnccn3)n2)CC1. The smallest absolute Gasteiger partial charge is 0.251 e. The Morgan fingerprint density at radius 3 is 2.66 bits per heavy atom. The Bertz CT molecular complexity index is 1010. The second-order valence-corrected chi connectivity index (χ2v) is 7.25. The highest BCUT2D eigenvalue weighted by Crippen LogP contribution is 2.27. The maximum absolute atomic E-state index is 12.5. The van der Waals surface area contributed by atoms with Gasteiger partial charge >= 0.3 is 0 Å². The summed E-state index contributed by atoms with van der Waals surface area (Å²) >= 11 is 0. The average Bonchev–Trinajstić information content (AvgIpc) is 2.78. The number of aromatic nitrogens is 4. The fourth-order valence-corrected chi connectivity index (χ4v) is 3.71. The Morgan fingerprint density at radius 1 is 1.14 bits per heavy atom. The lowest BCUT2D eigenvalue weighted by Crippen LogP contribution is -2.38. The zero-order valence-electron chi connectivity index (χ0n) is 16.1. The standard InChI is InChI=1S/C22H23N5O2/c28-20-14-18(25-22(26-20)19-15-23-10-11-24-19)17-8-12-27(13-9-17)21(29)7-6-16-4-2-1-3-5-16/h1-5,10-11,14-15,17H,6-9,12-13H2,(H,25,26,28). The molecule has 29 heavy (non-hydrogen) atoms. The van der Waals surface area contributed by atoms with Gasteiger partial charge in [-0.15, -0.1) is 0 Å². The van der Waals surface area contributed by atoms with Crippen molar-refractivity contribution in [3.8, 4) is 11.5 Å². The first-order valence-electron chi connectivity index (χ1n) is 9.88. The summed E-state index contributed by atoms with van der Waals surface area (Å²) in [6.45, 7) is 1.38. The fourth-order valence-electron chi connectivity index (χ4n) is 3.71. The van der Waals surface area contributed by atoms with E-state index in [1.807, 2.05) is 35.2 Å². The van der Waals surface area contributed by atoms with Gasteiger partial charge in [0.05, 0.1) is 11.9 Å². The van der Waals surface area contributed by atoms with E-state index in [9.17, 15) is 9.59 Å². The van der Waals surface area contributed by atoms with Crippen molar-refractivity contribution in [1.29, 1.82) is 0 Å². The van der Waals surface area contributed by atoms with E-state index < -0.39 is 0 Å². The van der Waals surface area contributed by atoms with Crippen molar-refractivity contribution in [2.75, 3.05) is 13.1 Å². The van der Waals surface area contributed by atoms with Crippen molar-refractivity contribution in [2.24, 2.45) is 0 Å². The third-order valence-electron chi connectivity index (χ3n) is 5.30. The van der Waals surface area contributed by atoms with Crippen LogP contribution in [0.3, 0.4) is 0 Å². The summed E-state index contributed by atoms with van der Waals surface area (Å²) in [5, 5.41) is 0. The number of hydrogen-bond acceptors (Lipinski definition) is 5. The van der Waals surface area contributed by atoms with Crippen molar-refractivity contribution in [2.45, 2.75) is 31.6 Å². The molecule has 0 bridgehead atoms. The maximum Gasteiger partial charge on any atom is 0.251 e. The van der Waals surface area contributed by atoms with Crippen LogP contribution in [0.1, 0.15) is 36.4 Å². The van der Waals surface area contributed by atoms with Gasteiger partial charge in [-0.25, -0.2) is 9.97 Å². The molecular weight excluding hydrogens is 366 g/mol. The minimum atomic E-state index is -0.197. The van der Waals surface area contributed by atoms with Gasteiger partial charge in [0, 0.05) is 43.9 Å². The van der Waals surface area contributed by atoms with Gasteiger partial charge in [0.2, 0.25) is 5.91 Å². The summed E-state index contributed by atoms with van der Waals surface area (Å²) in [5.41, 5.74) is 2.28. The van der Waals surface area contributed by atoms with E-state index in [0.717, 1.165) is 25.0 Å². The number of benzene rings is 1. The number of amides is 1. The van der Waals surface area contributed by atoms with Gasteiger partial charge in [0.1, 0.15) is 5.69 Å². The van der Waals surface area contributed by atoms with E-state index in [-0.39, 0.29) is 17.4 Å². The summed E-state index contributed by atoms with van der Waals surface area (Å²) < 4.78 is 0.